The van der Waals surface area contributed by atoms with Crippen molar-refractivity contribution in [1.82, 2.24) is 14.5 Å². The summed E-state index contributed by atoms with van der Waals surface area (Å²) < 4.78 is 24.8. The van der Waals surface area contributed by atoms with Crippen LogP contribution in [0.5, 0.6) is 0 Å². The summed E-state index contributed by atoms with van der Waals surface area (Å²) in [4.78, 5) is 6.07. The SMILES string of the molecule is CS(=O)(=O)c1nccn1C[C@H](O)CN1CCc2ccccc2C1. The van der Waals surface area contributed by atoms with Crippen molar-refractivity contribution in [2.24, 2.45) is 0 Å². The molecule has 1 atom stereocenters. The van der Waals surface area contributed by atoms with Crippen molar-refractivity contribution in [3.8, 4) is 0 Å². The number of hydrogen-bond donors (Lipinski definition) is 1. The van der Waals surface area contributed by atoms with Crippen molar-refractivity contribution in [1.29, 1.82) is 0 Å². The predicted molar refractivity (Wildman–Crippen MR) is 86.8 cm³/mol. The lowest BCUT2D eigenvalue weighted by atomic mass is 10.00. The zero-order valence-corrected chi connectivity index (χ0v) is 13.9. The van der Waals surface area contributed by atoms with Crippen LogP contribution in [0, 0.1) is 0 Å². The molecule has 1 aliphatic rings. The van der Waals surface area contributed by atoms with E-state index in [0.29, 0.717) is 6.54 Å². The van der Waals surface area contributed by atoms with Crippen LogP contribution in [0.1, 0.15) is 11.1 Å². The minimum atomic E-state index is -3.38. The van der Waals surface area contributed by atoms with E-state index in [1.54, 1.807) is 6.20 Å². The first-order valence-electron chi connectivity index (χ1n) is 7.62. The average molecular weight is 335 g/mol. The second kappa shape index (κ2) is 6.43. The largest absolute Gasteiger partial charge is 0.390 e. The molecule has 6 nitrogen and oxygen atoms in total. The maximum Gasteiger partial charge on any atom is 0.227 e. The minimum absolute atomic E-state index is 0.000500. The smallest absolute Gasteiger partial charge is 0.227 e. The zero-order chi connectivity index (χ0) is 16.4. The molecule has 0 fully saturated rings. The Hall–Kier alpha value is -1.70. The molecule has 2 heterocycles. The number of sulfone groups is 1. The molecule has 1 aromatic carbocycles. The molecule has 23 heavy (non-hydrogen) atoms. The van der Waals surface area contributed by atoms with Gasteiger partial charge in [-0.1, -0.05) is 24.3 Å². The van der Waals surface area contributed by atoms with E-state index < -0.39 is 15.9 Å². The maximum atomic E-state index is 11.6. The number of aliphatic hydroxyl groups is 1. The first-order valence-corrected chi connectivity index (χ1v) is 9.51. The molecule has 0 unspecified atom stereocenters. The Kier molecular flexibility index (Phi) is 4.52. The highest BCUT2D eigenvalue weighted by Crippen LogP contribution is 2.18. The Morgan fingerprint density at radius 2 is 2.00 bits per heavy atom. The van der Waals surface area contributed by atoms with E-state index in [4.69, 9.17) is 0 Å². The Labute approximate surface area is 136 Å². The molecule has 0 saturated heterocycles. The molecule has 0 bridgehead atoms. The predicted octanol–water partition coefficient (Wildman–Crippen LogP) is 0.706. The molecule has 7 heteroatoms. The molecule has 1 aliphatic heterocycles. The van der Waals surface area contributed by atoms with Gasteiger partial charge < -0.3 is 9.67 Å². The molecule has 0 amide bonds. The van der Waals surface area contributed by atoms with Crippen molar-refractivity contribution < 1.29 is 13.5 Å². The van der Waals surface area contributed by atoms with Gasteiger partial charge in [0.05, 0.1) is 12.6 Å². The van der Waals surface area contributed by atoms with Crippen molar-refractivity contribution in [3.05, 3.63) is 47.8 Å². The van der Waals surface area contributed by atoms with E-state index in [1.807, 2.05) is 6.07 Å². The average Bonchev–Trinajstić information content (AvgIpc) is 2.95. The summed E-state index contributed by atoms with van der Waals surface area (Å²) in [6, 6.07) is 8.34. The van der Waals surface area contributed by atoms with Crippen LogP contribution in [0.3, 0.4) is 0 Å². The highest BCUT2D eigenvalue weighted by molar-refractivity contribution is 7.90. The monoisotopic (exact) mass is 335 g/mol. The minimum Gasteiger partial charge on any atom is -0.390 e. The van der Waals surface area contributed by atoms with Crippen molar-refractivity contribution >= 4 is 9.84 Å². The maximum absolute atomic E-state index is 11.6. The lowest BCUT2D eigenvalue weighted by Crippen LogP contribution is -2.38. The second-order valence-corrected chi connectivity index (χ2v) is 7.95. The molecule has 0 radical (unpaired) electrons. The van der Waals surface area contributed by atoms with Gasteiger partial charge in [0.25, 0.3) is 0 Å². The van der Waals surface area contributed by atoms with E-state index in [9.17, 15) is 13.5 Å². The summed E-state index contributed by atoms with van der Waals surface area (Å²) in [5, 5.41) is 10.3. The van der Waals surface area contributed by atoms with Crippen LogP contribution in [0.4, 0.5) is 0 Å². The molecule has 3 rings (SSSR count). The number of aromatic nitrogens is 2. The Morgan fingerprint density at radius 3 is 2.74 bits per heavy atom. The quantitative estimate of drug-likeness (QED) is 0.871. The molecular formula is C16H21N3O3S. The first kappa shape index (κ1) is 16.2. The van der Waals surface area contributed by atoms with Gasteiger partial charge in [0, 0.05) is 38.3 Å². The Bertz CT molecular complexity index is 785. The number of fused-ring (bicyclic) bond motifs is 1. The molecule has 124 valence electrons. The van der Waals surface area contributed by atoms with Gasteiger partial charge in [0.15, 0.2) is 0 Å². The van der Waals surface area contributed by atoms with Gasteiger partial charge in [0.1, 0.15) is 0 Å². The normalized spacial score (nSPS) is 17.0. The van der Waals surface area contributed by atoms with Gasteiger partial charge in [-0.15, -0.1) is 0 Å². The summed E-state index contributed by atoms with van der Waals surface area (Å²) in [6.07, 6.45) is 4.49. The fraction of sp³-hybridized carbons (Fsp3) is 0.438. The standard InChI is InChI=1S/C16H21N3O3S/c1-23(21,22)16-17-7-9-19(16)12-15(20)11-18-8-6-13-4-2-3-5-14(13)10-18/h2-5,7,9,15,20H,6,8,10-12H2,1H3/t15-/m1/s1. The van der Waals surface area contributed by atoms with Gasteiger partial charge in [0.2, 0.25) is 15.0 Å². The van der Waals surface area contributed by atoms with Crippen LogP contribution in [0.25, 0.3) is 0 Å². The van der Waals surface area contributed by atoms with Gasteiger partial charge in [-0.05, 0) is 17.5 Å². The summed E-state index contributed by atoms with van der Waals surface area (Å²) in [6.45, 7) is 2.45. The topological polar surface area (TPSA) is 75.4 Å². The first-order chi connectivity index (χ1) is 10.9. The van der Waals surface area contributed by atoms with E-state index in [2.05, 4.69) is 28.1 Å². The molecule has 0 spiro atoms. The number of nitrogens with zero attached hydrogens (tertiary/aromatic N) is 3. The lowest BCUT2D eigenvalue weighted by Gasteiger charge is -2.30. The van der Waals surface area contributed by atoms with Crippen molar-refractivity contribution in [2.45, 2.75) is 30.8 Å². The molecule has 0 aliphatic carbocycles. The number of benzene rings is 1. The third-order valence-corrected chi connectivity index (χ3v) is 5.10. The summed E-state index contributed by atoms with van der Waals surface area (Å²) in [7, 11) is -3.38. The van der Waals surface area contributed by atoms with Crippen molar-refractivity contribution in [2.75, 3.05) is 19.3 Å². The Balaban J connectivity index is 1.63. The highest BCUT2D eigenvalue weighted by atomic mass is 32.2. The van der Waals surface area contributed by atoms with E-state index in [1.165, 1.54) is 21.9 Å². The van der Waals surface area contributed by atoms with Crippen LogP contribution in [0.15, 0.2) is 41.8 Å². The van der Waals surface area contributed by atoms with Crippen LogP contribution in [0.2, 0.25) is 0 Å². The van der Waals surface area contributed by atoms with Gasteiger partial charge in [-0.2, -0.15) is 0 Å². The second-order valence-electron chi connectivity index (χ2n) is 6.04. The fourth-order valence-electron chi connectivity index (χ4n) is 3.06. The number of imidazole rings is 1. The van der Waals surface area contributed by atoms with Crippen LogP contribution >= 0.6 is 0 Å². The number of hydrogen-bond acceptors (Lipinski definition) is 5. The van der Waals surface area contributed by atoms with E-state index >= 15 is 0 Å². The van der Waals surface area contributed by atoms with Gasteiger partial charge in [-0.3, -0.25) is 4.90 Å². The fourth-order valence-corrected chi connectivity index (χ4v) is 3.87. The highest BCUT2D eigenvalue weighted by Gasteiger charge is 2.21. The molecule has 1 N–H and O–H groups in total. The molecule has 2 aromatic rings. The van der Waals surface area contributed by atoms with E-state index in [-0.39, 0.29) is 11.7 Å². The lowest BCUT2D eigenvalue weighted by molar-refractivity contribution is 0.0897. The summed E-state index contributed by atoms with van der Waals surface area (Å²) in [5.41, 5.74) is 2.66. The van der Waals surface area contributed by atoms with Crippen LogP contribution in [-0.2, 0) is 29.3 Å². The Morgan fingerprint density at radius 1 is 1.26 bits per heavy atom. The molecular weight excluding hydrogens is 314 g/mol. The van der Waals surface area contributed by atoms with Crippen molar-refractivity contribution in [3.63, 3.8) is 0 Å². The summed E-state index contributed by atoms with van der Waals surface area (Å²) in [5.74, 6) is 0. The van der Waals surface area contributed by atoms with Gasteiger partial charge in [-0.25, -0.2) is 13.4 Å². The number of aliphatic hydroxyl groups excluding tert-OH is 1. The number of rotatable bonds is 5. The van der Waals surface area contributed by atoms with Crippen LogP contribution in [-0.4, -0.2) is 53.4 Å². The van der Waals surface area contributed by atoms with Gasteiger partial charge >= 0.3 is 0 Å². The van der Waals surface area contributed by atoms with E-state index in [0.717, 1.165) is 25.8 Å². The zero-order valence-electron chi connectivity index (χ0n) is 13.1. The number of β-amino-alcohol motifs (C(OH)–C–C–N with tert-alkyl or cyclic N) is 1. The molecule has 0 saturated carbocycles. The molecule has 1 aromatic heterocycles. The third kappa shape index (κ3) is 3.80. The van der Waals surface area contributed by atoms with Crippen LogP contribution < -0.4 is 0 Å². The third-order valence-electron chi connectivity index (χ3n) is 4.10. The summed E-state index contributed by atoms with van der Waals surface area (Å²) >= 11 is 0.